The first-order chi connectivity index (χ1) is 9.60. The number of hydrogen-bond acceptors (Lipinski definition) is 3. The van der Waals surface area contributed by atoms with Crippen LogP contribution in [-0.4, -0.2) is 6.04 Å². The molecule has 20 heavy (non-hydrogen) atoms. The monoisotopic (exact) mass is 330 g/mol. The highest BCUT2D eigenvalue weighted by atomic mass is 79.9. The highest BCUT2D eigenvalue weighted by Crippen LogP contribution is 2.26. The number of nitrogens with two attached hydrogens (primary N) is 1. The largest absolute Gasteiger partial charge is 0.484 e. The van der Waals surface area contributed by atoms with E-state index in [1.807, 2.05) is 37.3 Å². The zero-order valence-electron chi connectivity index (χ0n) is 11.1. The van der Waals surface area contributed by atoms with Crippen molar-refractivity contribution in [3.8, 4) is 11.8 Å². The van der Waals surface area contributed by atoms with E-state index in [1.54, 1.807) is 18.2 Å². The van der Waals surface area contributed by atoms with Crippen molar-refractivity contribution in [1.82, 2.24) is 0 Å². The summed E-state index contributed by atoms with van der Waals surface area (Å²) >= 11 is 3.45. The van der Waals surface area contributed by atoms with E-state index in [4.69, 9.17) is 15.7 Å². The Kier molecular flexibility index (Phi) is 4.78. The van der Waals surface area contributed by atoms with Crippen LogP contribution in [0.5, 0.6) is 5.75 Å². The Morgan fingerprint density at radius 3 is 2.60 bits per heavy atom. The van der Waals surface area contributed by atoms with Crippen molar-refractivity contribution in [2.75, 3.05) is 0 Å². The smallest absolute Gasteiger partial charge is 0.138 e. The number of nitriles is 1. The summed E-state index contributed by atoms with van der Waals surface area (Å²) in [5, 5.41) is 8.92. The van der Waals surface area contributed by atoms with Crippen molar-refractivity contribution in [2.24, 2.45) is 5.73 Å². The summed E-state index contributed by atoms with van der Waals surface area (Å²) in [4.78, 5) is 0. The maximum absolute atomic E-state index is 8.92. The Bertz CT molecular complexity index is 634. The molecule has 4 heteroatoms. The van der Waals surface area contributed by atoms with Gasteiger partial charge in [-0.25, -0.2) is 0 Å². The molecular weight excluding hydrogens is 316 g/mol. The number of hydrogen-bond donors (Lipinski definition) is 1. The van der Waals surface area contributed by atoms with Gasteiger partial charge in [-0.2, -0.15) is 5.26 Å². The molecule has 0 saturated carbocycles. The SMILES string of the molecule is CC(N)C(Oc1cccc(C#N)c1)c1cccc(Br)c1. The zero-order valence-corrected chi connectivity index (χ0v) is 12.7. The summed E-state index contributed by atoms with van der Waals surface area (Å²) in [7, 11) is 0. The molecule has 2 unspecified atom stereocenters. The minimum absolute atomic E-state index is 0.171. The average Bonchev–Trinajstić information content (AvgIpc) is 2.44. The Hall–Kier alpha value is -1.83. The molecule has 102 valence electrons. The molecule has 0 bridgehead atoms. The number of rotatable bonds is 4. The molecule has 0 aliphatic carbocycles. The van der Waals surface area contributed by atoms with Gasteiger partial charge in [0.15, 0.2) is 0 Å². The Morgan fingerprint density at radius 2 is 1.95 bits per heavy atom. The van der Waals surface area contributed by atoms with Gasteiger partial charge in [0.1, 0.15) is 11.9 Å². The number of nitrogens with zero attached hydrogens (tertiary/aromatic N) is 1. The summed E-state index contributed by atoms with van der Waals surface area (Å²) in [5.41, 5.74) is 7.60. The molecule has 3 nitrogen and oxygen atoms in total. The van der Waals surface area contributed by atoms with Crippen LogP contribution in [0.1, 0.15) is 24.2 Å². The predicted molar refractivity (Wildman–Crippen MR) is 82.3 cm³/mol. The van der Waals surface area contributed by atoms with Crippen LogP contribution in [-0.2, 0) is 0 Å². The first-order valence-corrected chi connectivity index (χ1v) is 7.07. The van der Waals surface area contributed by atoms with Crippen molar-refractivity contribution in [2.45, 2.75) is 19.1 Å². The van der Waals surface area contributed by atoms with Gasteiger partial charge in [0.25, 0.3) is 0 Å². The van der Waals surface area contributed by atoms with E-state index in [2.05, 4.69) is 22.0 Å². The van der Waals surface area contributed by atoms with E-state index in [0.29, 0.717) is 11.3 Å². The van der Waals surface area contributed by atoms with Gasteiger partial charge in [0.2, 0.25) is 0 Å². The topological polar surface area (TPSA) is 59.0 Å². The van der Waals surface area contributed by atoms with E-state index < -0.39 is 0 Å². The van der Waals surface area contributed by atoms with Crippen molar-refractivity contribution in [3.05, 3.63) is 64.1 Å². The van der Waals surface area contributed by atoms with Gasteiger partial charge in [0, 0.05) is 10.5 Å². The predicted octanol–water partition coefficient (Wildman–Crippen LogP) is 3.79. The van der Waals surface area contributed by atoms with Crippen molar-refractivity contribution in [1.29, 1.82) is 5.26 Å². The summed E-state index contributed by atoms with van der Waals surface area (Å²) in [6.45, 7) is 1.90. The molecule has 2 N–H and O–H groups in total. The van der Waals surface area contributed by atoms with Gasteiger partial charge in [-0.1, -0.05) is 34.1 Å². The highest BCUT2D eigenvalue weighted by molar-refractivity contribution is 9.10. The maximum atomic E-state index is 8.92. The van der Waals surface area contributed by atoms with Gasteiger partial charge in [-0.05, 0) is 42.8 Å². The fourth-order valence-electron chi connectivity index (χ4n) is 1.95. The molecule has 2 rings (SSSR count). The molecule has 0 aliphatic heterocycles. The van der Waals surface area contributed by atoms with Gasteiger partial charge >= 0.3 is 0 Å². The molecule has 2 aromatic rings. The fourth-order valence-corrected chi connectivity index (χ4v) is 2.37. The van der Waals surface area contributed by atoms with Crippen LogP contribution in [0.15, 0.2) is 53.0 Å². The summed E-state index contributed by atoms with van der Waals surface area (Å²) in [5.74, 6) is 0.645. The molecule has 0 fully saturated rings. The molecular formula is C16H15BrN2O. The van der Waals surface area contributed by atoms with Gasteiger partial charge in [0.05, 0.1) is 11.6 Å². The summed E-state index contributed by atoms with van der Waals surface area (Å²) in [6, 6.07) is 16.9. The zero-order chi connectivity index (χ0) is 14.5. The molecule has 2 aromatic carbocycles. The standard InChI is InChI=1S/C16H15BrN2O/c1-11(19)16(13-5-3-6-14(17)9-13)20-15-7-2-4-12(8-15)10-18/h2-9,11,16H,19H2,1H3. The second-order valence-corrected chi connectivity index (χ2v) is 5.51. The Balaban J connectivity index is 2.28. The molecule has 0 radical (unpaired) electrons. The highest BCUT2D eigenvalue weighted by Gasteiger charge is 2.18. The first kappa shape index (κ1) is 14.6. The Labute approximate surface area is 127 Å². The molecule has 0 spiro atoms. The minimum atomic E-state index is -0.263. The molecule has 0 aliphatic rings. The van der Waals surface area contributed by atoms with E-state index in [0.717, 1.165) is 10.0 Å². The van der Waals surface area contributed by atoms with E-state index in [1.165, 1.54) is 0 Å². The van der Waals surface area contributed by atoms with Gasteiger partial charge in [-0.3, -0.25) is 0 Å². The third kappa shape index (κ3) is 3.60. The lowest BCUT2D eigenvalue weighted by atomic mass is 10.0. The molecule has 0 heterocycles. The molecule has 2 atom stereocenters. The lowest BCUT2D eigenvalue weighted by Gasteiger charge is -2.23. The summed E-state index contributed by atoms with van der Waals surface area (Å²) < 4.78 is 6.94. The van der Waals surface area contributed by atoms with Crippen LogP contribution < -0.4 is 10.5 Å². The third-order valence-electron chi connectivity index (χ3n) is 2.88. The molecule has 0 amide bonds. The second kappa shape index (κ2) is 6.56. The fraction of sp³-hybridized carbons (Fsp3) is 0.188. The van der Waals surface area contributed by atoms with E-state index in [-0.39, 0.29) is 12.1 Å². The molecule has 0 saturated heterocycles. The Morgan fingerprint density at radius 1 is 1.20 bits per heavy atom. The molecule has 0 aromatic heterocycles. The normalized spacial score (nSPS) is 13.3. The lowest BCUT2D eigenvalue weighted by Crippen LogP contribution is -2.29. The third-order valence-corrected chi connectivity index (χ3v) is 3.37. The van der Waals surface area contributed by atoms with Crippen molar-refractivity contribution < 1.29 is 4.74 Å². The average molecular weight is 331 g/mol. The van der Waals surface area contributed by atoms with Crippen molar-refractivity contribution in [3.63, 3.8) is 0 Å². The van der Waals surface area contributed by atoms with Crippen LogP contribution in [0, 0.1) is 11.3 Å². The quantitative estimate of drug-likeness (QED) is 0.927. The van der Waals surface area contributed by atoms with E-state index >= 15 is 0 Å². The number of halogens is 1. The van der Waals surface area contributed by atoms with Crippen molar-refractivity contribution >= 4 is 15.9 Å². The van der Waals surface area contributed by atoms with Crippen LogP contribution in [0.25, 0.3) is 0 Å². The van der Waals surface area contributed by atoms with Gasteiger partial charge < -0.3 is 10.5 Å². The maximum Gasteiger partial charge on any atom is 0.138 e. The van der Waals surface area contributed by atoms with Crippen LogP contribution in [0.2, 0.25) is 0 Å². The number of benzene rings is 2. The number of ether oxygens (including phenoxy) is 1. The van der Waals surface area contributed by atoms with Crippen LogP contribution in [0.4, 0.5) is 0 Å². The summed E-state index contributed by atoms with van der Waals surface area (Å²) in [6.07, 6.45) is -0.263. The minimum Gasteiger partial charge on any atom is -0.484 e. The van der Waals surface area contributed by atoms with E-state index in [9.17, 15) is 0 Å². The first-order valence-electron chi connectivity index (χ1n) is 6.28. The second-order valence-electron chi connectivity index (χ2n) is 4.59. The van der Waals surface area contributed by atoms with Crippen LogP contribution >= 0.6 is 15.9 Å². The lowest BCUT2D eigenvalue weighted by molar-refractivity contribution is 0.180. The van der Waals surface area contributed by atoms with Crippen LogP contribution in [0.3, 0.4) is 0 Å². The van der Waals surface area contributed by atoms with Gasteiger partial charge in [-0.15, -0.1) is 0 Å².